The Balaban J connectivity index is 1.04. The first kappa shape index (κ1) is 50.6. The van der Waals surface area contributed by atoms with Gasteiger partial charge in [0.25, 0.3) is 0 Å². The van der Waals surface area contributed by atoms with Crippen molar-refractivity contribution in [2.24, 2.45) is 52.8 Å². The van der Waals surface area contributed by atoms with Crippen LogP contribution in [0.3, 0.4) is 0 Å². The zero-order valence-electron chi connectivity index (χ0n) is 41.6. The fourth-order valence-electron chi connectivity index (χ4n) is 13.6. The number of ketones is 1. The highest BCUT2D eigenvalue weighted by Gasteiger charge is 2.63. The molecule has 5 fully saturated rings. The summed E-state index contributed by atoms with van der Waals surface area (Å²) in [7, 11) is 1.68. The number of methoxy groups -OCH3 is 1. The van der Waals surface area contributed by atoms with Crippen LogP contribution < -0.4 is 0 Å². The summed E-state index contributed by atoms with van der Waals surface area (Å²) in [5.74, 6) is -3.05. The monoisotopic (exact) mass is 939 g/mol. The second kappa shape index (κ2) is 19.4. The molecule has 23 atom stereocenters. The number of esters is 1. The van der Waals surface area contributed by atoms with Crippen LogP contribution >= 0.6 is 0 Å². The molecular formula is C53H78O14. The molecule has 4 heterocycles. The number of allylic oxidation sites excluding steroid dienone is 4. The lowest BCUT2D eigenvalue weighted by Gasteiger charge is -2.56. The summed E-state index contributed by atoms with van der Waals surface area (Å²) < 4.78 is 50.4. The topological polar surface area (TPSA) is 189 Å². The van der Waals surface area contributed by atoms with E-state index in [9.17, 15) is 25.2 Å². The van der Waals surface area contributed by atoms with Crippen LogP contribution in [0.1, 0.15) is 115 Å². The SMILES string of the molecule is CO[C@@H]1[C@H](C)C[C@@H](O[C@@H]2[C@H](O)C[C@H](O[C@@H]3C[C@H](O[C@@H]4[C@H]5C=C[C@H]6C(C)=CC[C@H](O)C(C)=C[C@@H]7C=C(C)[C@H](C)C[C@]78OC(=O)C(=C(O)[C@@]6(C)[C@@H]5[C@@H](C)C[C@@H]4C)C8=O)O[C@@H](C)[C@@H]3O)O[C@H]2C)O[C@H]1C. The van der Waals surface area contributed by atoms with Gasteiger partial charge in [0, 0.05) is 56.0 Å². The molecule has 0 aromatic carbocycles. The van der Waals surface area contributed by atoms with Crippen LogP contribution in [0.2, 0.25) is 0 Å². The number of carbonyl (C=O) groups excluding carboxylic acids is 2. The fraction of sp³-hybridized carbons (Fsp3) is 0.774. The quantitative estimate of drug-likeness (QED) is 0.117. The Morgan fingerprint density at radius 2 is 1.31 bits per heavy atom. The van der Waals surface area contributed by atoms with Crippen LogP contribution in [-0.4, -0.2) is 125 Å². The maximum absolute atomic E-state index is 15.0. The molecule has 374 valence electrons. The molecule has 1 spiro atoms. The summed E-state index contributed by atoms with van der Waals surface area (Å²) in [6, 6.07) is 0. The van der Waals surface area contributed by atoms with Gasteiger partial charge in [0.2, 0.25) is 5.78 Å². The number of carbonyl (C=O) groups is 2. The normalized spacial score (nSPS) is 49.5. The molecule has 0 aromatic rings. The Bertz CT molecular complexity index is 2000. The van der Waals surface area contributed by atoms with Crippen molar-refractivity contribution in [1.29, 1.82) is 0 Å². The molecule has 4 aliphatic heterocycles. The van der Waals surface area contributed by atoms with Gasteiger partial charge in [-0.05, 0) is 89.5 Å². The van der Waals surface area contributed by atoms with Gasteiger partial charge in [-0.15, -0.1) is 0 Å². The van der Waals surface area contributed by atoms with E-state index in [1.54, 1.807) is 14.0 Å². The molecule has 1 saturated carbocycles. The van der Waals surface area contributed by atoms with Crippen LogP contribution in [-0.2, 0) is 47.5 Å². The van der Waals surface area contributed by atoms with Gasteiger partial charge in [0.15, 0.2) is 24.5 Å². The largest absolute Gasteiger partial charge is 0.511 e. The molecule has 0 radical (unpaired) electrons. The first-order valence-electron chi connectivity index (χ1n) is 25.0. The van der Waals surface area contributed by atoms with E-state index in [1.165, 1.54) is 0 Å². The molecule has 2 bridgehead atoms. The molecule has 0 unspecified atom stereocenters. The zero-order chi connectivity index (χ0) is 48.6. The summed E-state index contributed by atoms with van der Waals surface area (Å²) in [5.41, 5.74) is -0.346. The Hall–Kier alpha value is -2.76. The summed E-state index contributed by atoms with van der Waals surface area (Å²) in [5, 5.41) is 47.2. The summed E-state index contributed by atoms with van der Waals surface area (Å²) >= 11 is 0. The highest BCUT2D eigenvalue weighted by molar-refractivity contribution is 6.26. The number of aliphatic hydroxyl groups excluding tert-OH is 4. The van der Waals surface area contributed by atoms with Crippen LogP contribution in [0, 0.1) is 52.8 Å². The van der Waals surface area contributed by atoms with Crippen LogP contribution in [0.25, 0.3) is 0 Å². The summed E-state index contributed by atoms with van der Waals surface area (Å²) in [6.07, 6.45) is 4.21. The van der Waals surface area contributed by atoms with E-state index in [-0.39, 0.29) is 78.3 Å². The molecule has 8 rings (SSSR count). The number of rotatable bonds is 7. The Morgan fingerprint density at radius 1 is 0.701 bits per heavy atom. The highest BCUT2D eigenvalue weighted by Crippen LogP contribution is 2.61. The van der Waals surface area contributed by atoms with E-state index in [1.807, 2.05) is 66.7 Å². The first-order valence-corrected chi connectivity index (χ1v) is 25.0. The molecule has 0 amide bonds. The predicted octanol–water partition coefficient (Wildman–Crippen LogP) is 6.96. The van der Waals surface area contributed by atoms with Crippen molar-refractivity contribution in [3.8, 4) is 0 Å². The van der Waals surface area contributed by atoms with Gasteiger partial charge in [-0.1, -0.05) is 76.1 Å². The molecule has 4 N–H and O–H groups in total. The third kappa shape index (κ3) is 9.12. The molecule has 14 heteroatoms. The number of ether oxygens (including phenoxy) is 8. The van der Waals surface area contributed by atoms with Gasteiger partial charge >= 0.3 is 5.97 Å². The van der Waals surface area contributed by atoms with E-state index in [4.69, 9.17) is 37.9 Å². The Morgan fingerprint density at radius 3 is 1.99 bits per heavy atom. The van der Waals surface area contributed by atoms with Crippen LogP contribution in [0.15, 0.2) is 58.4 Å². The standard InChI is InChI=1S/C53H78O14/c1-24-13-16-37(54)26(3)19-34-18-25(2)30(7)23-53(34)50(58)43(51(59)67-53)49(57)52(11)36(24)15-14-35-44(52)27(4)17-28(5)47(35)65-42-22-39(45(56)31(8)61-42)64-41-21-38(55)48(33(10)63-41)66-40-20-29(6)46(60-12)32(9)62-40/h13-15,18-19,27-42,44-48,54-57H,16-17,20-23H2,1-12H3/t27-,28-,29+,30+,31-,32-,33-,34-,35-,36-,37-,38+,39+,40+,41-,42-,44+,45-,46+,47-,48-,52+,53-/m0/s1. The first-order chi connectivity index (χ1) is 31.6. The van der Waals surface area contributed by atoms with Crippen molar-refractivity contribution >= 4 is 11.8 Å². The number of fused-ring (bicyclic) bond motifs is 4. The van der Waals surface area contributed by atoms with Gasteiger partial charge < -0.3 is 58.3 Å². The van der Waals surface area contributed by atoms with Crippen molar-refractivity contribution < 1.29 is 67.9 Å². The minimum atomic E-state index is -1.55. The van der Waals surface area contributed by atoms with Gasteiger partial charge in [-0.25, -0.2) is 4.79 Å². The van der Waals surface area contributed by atoms with Crippen molar-refractivity contribution in [2.45, 2.75) is 200 Å². The number of Topliss-reactive ketones (excluding diaryl/α,β-unsaturated/α-hetero) is 1. The zero-order valence-corrected chi connectivity index (χ0v) is 41.6. The lowest BCUT2D eigenvalue weighted by atomic mass is 9.49. The predicted molar refractivity (Wildman–Crippen MR) is 247 cm³/mol. The van der Waals surface area contributed by atoms with Crippen LogP contribution in [0.5, 0.6) is 0 Å². The molecular weight excluding hydrogens is 861 g/mol. The van der Waals surface area contributed by atoms with Crippen molar-refractivity contribution in [2.75, 3.05) is 7.11 Å². The summed E-state index contributed by atoms with van der Waals surface area (Å²) in [6.45, 7) is 21.8. The molecule has 0 aromatic heterocycles. The fourth-order valence-corrected chi connectivity index (χ4v) is 13.6. The maximum Gasteiger partial charge on any atom is 0.346 e. The molecule has 4 saturated heterocycles. The van der Waals surface area contributed by atoms with Gasteiger partial charge in [0.05, 0.1) is 48.8 Å². The summed E-state index contributed by atoms with van der Waals surface area (Å²) in [4.78, 5) is 29.3. The molecule has 67 heavy (non-hydrogen) atoms. The third-order valence-electron chi connectivity index (χ3n) is 17.4. The van der Waals surface area contributed by atoms with Crippen molar-refractivity contribution in [1.82, 2.24) is 0 Å². The molecule has 8 aliphatic rings. The van der Waals surface area contributed by atoms with Gasteiger partial charge in [0.1, 0.15) is 23.5 Å². The average molecular weight is 939 g/mol. The van der Waals surface area contributed by atoms with E-state index in [0.29, 0.717) is 18.4 Å². The smallest absolute Gasteiger partial charge is 0.346 e. The number of hydrogen-bond acceptors (Lipinski definition) is 14. The van der Waals surface area contributed by atoms with Gasteiger partial charge in [-0.2, -0.15) is 0 Å². The molecule has 4 aliphatic carbocycles. The number of aliphatic hydroxyl groups is 4. The Kier molecular flexibility index (Phi) is 14.7. The van der Waals surface area contributed by atoms with Gasteiger partial charge in [-0.3, -0.25) is 4.79 Å². The lowest BCUT2D eigenvalue weighted by molar-refractivity contribution is -0.333. The van der Waals surface area contributed by atoms with E-state index in [0.717, 1.165) is 17.6 Å². The van der Waals surface area contributed by atoms with Crippen LogP contribution in [0.4, 0.5) is 0 Å². The minimum absolute atomic E-state index is 0.0140. The third-order valence-corrected chi connectivity index (χ3v) is 17.4. The average Bonchev–Trinajstić information content (AvgIpc) is 3.50. The Labute approximate surface area is 397 Å². The van der Waals surface area contributed by atoms with E-state index in [2.05, 4.69) is 32.9 Å². The lowest BCUT2D eigenvalue weighted by Crippen LogP contribution is -2.57. The second-order valence-electron chi connectivity index (χ2n) is 22.1. The maximum atomic E-state index is 15.0. The minimum Gasteiger partial charge on any atom is -0.511 e. The second-order valence-corrected chi connectivity index (χ2v) is 22.1. The van der Waals surface area contributed by atoms with Crippen molar-refractivity contribution in [3.63, 3.8) is 0 Å². The molecule has 14 nitrogen and oxygen atoms in total. The number of hydrogen-bond donors (Lipinski definition) is 4. The van der Waals surface area contributed by atoms with Crippen molar-refractivity contribution in [3.05, 3.63) is 58.4 Å². The van der Waals surface area contributed by atoms with E-state index < -0.39 is 102 Å². The highest BCUT2D eigenvalue weighted by atomic mass is 16.7. The van der Waals surface area contributed by atoms with E-state index >= 15 is 4.79 Å².